The molecule has 0 unspecified atom stereocenters. The number of amides is 7. The lowest BCUT2D eigenvalue weighted by Crippen LogP contribution is -2.71. The first-order valence-electron chi connectivity index (χ1n) is 15.8. The van der Waals surface area contributed by atoms with Crippen LogP contribution in [0.1, 0.15) is 23.5 Å². The second-order valence-corrected chi connectivity index (χ2v) is 15.1. The Balaban J connectivity index is 1.32. The molecular weight excluding hydrogens is 759 g/mol. The van der Waals surface area contributed by atoms with E-state index in [1.165, 1.54) is 64.0 Å². The second-order valence-electron chi connectivity index (χ2n) is 11.5. The van der Waals surface area contributed by atoms with E-state index < -0.39 is 77.8 Å². The number of ether oxygens (including phenoxy) is 1. The van der Waals surface area contributed by atoms with Crippen LogP contribution in [0, 0.1) is 6.92 Å². The molecule has 2 fully saturated rings. The fourth-order valence-corrected chi connectivity index (χ4v) is 8.64. The first kappa shape index (κ1) is 39.0. The molecule has 4 atom stereocenters. The average molecular weight is 792 g/mol. The van der Waals surface area contributed by atoms with Crippen LogP contribution in [0.5, 0.6) is 0 Å². The van der Waals surface area contributed by atoms with E-state index in [0.29, 0.717) is 14.8 Å². The van der Waals surface area contributed by atoms with Crippen LogP contribution in [-0.2, 0) is 33.5 Å². The molecule has 0 spiro atoms. The van der Waals surface area contributed by atoms with Crippen LogP contribution < -0.4 is 21.7 Å². The number of anilines is 1. The molecule has 0 aliphatic carbocycles. The number of piperazine rings is 1. The highest BCUT2D eigenvalue weighted by Crippen LogP contribution is 2.42. The summed E-state index contributed by atoms with van der Waals surface area (Å²) in [5.74, 6) is -5.76. The number of nitrogens with one attached hydrogen (secondary N) is 3. The van der Waals surface area contributed by atoms with Crippen molar-refractivity contribution in [2.24, 2.45) is 5.73 Å². The van der Waals surface area contributed by atoms with Gasteiger partial charge in [0.05, 0.1) is 0 Å². The maximum Gasteiger partial charge on any atom is 0.411 e. The lowest BCUT2D eigenvalue weighted by Gasteiger charge is -2.49. The smallest absolute Gasteiger partial charge is 0.411 e. The van der Waals surface area contributed by atoms with E-state index in [9.17, 15) is 43.5 Å². The number of aromatic nitrogens is 2. The number of carboxylic acid groups (broad SMARTS) is 2. The summed E-state index contributed by atoms with van der Waals surface area (Å²) in [6, 6.07) is 0.167. The van der Waals surface area contributed by atoms with Crippen molar-refractivity contribution >= 4 is 88.2 Å². The molecule has 53 heavy (non-hydrogen) atoms. The largest absolute Gasteiger partial charge is 0.480 e. The molecule has 5 rings (SSSR count). The first-order chi connectivity index (χ1) is 25.2. The topological polar surface area (TPSA) is 284 Å². The Morgan fingerprint density at radius 1 is 1.08 bits per heavy atom. The molecule has 23 heteroatoms. The fraction of sp³-hybridized carbons (Fsp3) is 0.400. The van der Waals surface area contributed by atoms with E-state index in [1.54, 1.807) is 13.8 Å². The predicted molar refractivity (Wildman–Crippen MR) is 187 cm³/mol. The van der Waals surface area contributed by atoms with E-state index in [-0.39, 0.29) is 48.1 Å². The highest BCUT2D eigenvalue weighted by molar-refractivity contribution is 8.01. The van der Waals surface area contributed by atoms with Crippen LogP contribution in [-0.4, -0.2) is 138 Å². The Morgan fingerprint density at radius 3 is 2.42 bits per heavy atom. The number of carbonyl (C=O) groups is 8. The van der Waals surface area contributed by atoms with Crippen LogP contribution in [0.15, 0.2) is 39.9 Å². The third kappa shape index (κ3) is 8.69. The van der Waals surface area contributed by atoms with Crippen LogP contribution >= 0.6 is 34.9 Å². The number of hydrogen-bond donors (Lipinski definition) is 6. The number of nitrogens with zero attached hydrogens (tertiary/aromatic N) is 5. The van der Waals surface area contributed by atoms with Gasteiger partial charge < -0.3 is 36.2 Å². The third-order valence-electron chi connectivity index (χ3n) is 8.09. The van der Waals surface area contributed by atoms with E-state index in [4.69, 9.17) is 15.6 Å². The van der Waals surface area contributed by atoms with Crippen LogP contribution in [0.3, 0.4) is 0 Å². The Hall–Kier alpha value is -5.26. The first-order valence-corrected chi connectivity index (χ1v) is 18.6. The van der Waals surface area contributed by atoms with Gasteiger partial charge in [0, 0.05) is 36.8 Å². The van der Waals surface area contributed by atoms with Crippen molar-refractivity contribution in [3.05, 3.63) is 46.1 Å². The van der Waals surface area contributed by atoms with E-state index in [2.05, 4.69) is 26.1 Å². The normalized spacial score (nSPS) is 19.5. The Morgan fingerprint density at radius 2 is 1.79 bits per heavy atom. The number of hydrogen-bond acceptors (Lipinski definition) is 15. The van der Waals surface area contributed by atoms with Gasteiger partial charge in [0.25, 0.3) is 5.91 Å². The number of aryl methyl sites for hydroxylation is 1. The summed E-state index contributed by atoms with van der Waals surface area (Å²) in [5, 5.41) is 34.3. The molecule has 20 nitrogen and oxygen atoms in total. The number of nitrogens with two attached hydrogens (primary N) is 1. The number of rotatable bonds is 13. The molecule has 2 saturated heterocycles. The van der Waals surface area contributed by atoms with Crippen molar-refractivity contribution in [1.29, 1.82) is 0 Å². The van der Waals surface area contributed by atoms with Crippen LogP contribution in [0.2, 0.25) is 0 Å². The van der Waals surface area contributed by atoms with Crippen molar-refractivity contribution in [3.63, 3.8) is 0 Å². The fourth-order valence-electron chi connectivity index (χ4n) is 5.34. The number of β-lactam (4-membered cyclic amide) rings is 1. The molecule has 0 radical (unpaired) electrons. The van der Waals surface area contributed by atoms with E-state index in [0.717, 1.165) is 9.91 Å². The van der Waals surface area contributed by atoms with Gasteiger partial charge in [-0.25, -0.2) is 14.4 Å². The van der Waals surface area contributed by atoms with Crippen molar-refractivity contribution in [1.82, 2.24) is 35.5 Å². The molecule has 4 heterocycles. The number of aliphatic carboxylic acids is 2. The van der Waals surface area contributed by atoms with Gasteiger partial charge in [0.1, 0.15) is 40.8 Å². The van der Waals surface area contributed by atoms with Crippen molar-refractivity contribution in [3.8, 4) is 0 Å². The number of benzene rings is 1. The Bertz CT molecular complexity index is 1870. The van der Waals surface area contributed by atoms with Gasteiger partial charge in [-0.3, -0.25) is 39.1 Å². The molecule has 282 valence electrons. The van der Waals surface area contributed by atoms with Gasteiger partial charge in [-0.05, 0) is 37.1 Å². The Kier molecular flexibility index (Phi) is 12.2. The third-order valence-corrected chi connectivity index (χ3v) is 11.5. The lowest BCUT2D eigenvalue weighted by molar-refractivity contribution is -0.153. The number of urea groups is 1. The highest BCUT2D eigenvalue weighted by Gasteiger charge is 2.54. The van der Waals surface area contributed by atoms with Gasteiger partial charge in [0.15, 0.2) is 4.34 Å². The SMILES string of the molecule is CCN1CCN(C(=O)N[C@@H](C(=O)N[C@@H]2C(=O)N3C(C(=O)O)=C(CSc4nnc(C)s4)CS[C@@H]23)c2ccc(NC(=O)OC[C@@H](N)C(=O)O)cc2)C(=O)C1=O. The summed E-state index contributed by atoms with van der Waals surface area (Å²) in [6.45, 7) is 3.04. The van der Waals surface area contributed by atoms with Gasteiger partial charge in [-0.2, -0.15) is 0 Å². The minimum Gasteiger partial charge on any atom is -0.480 e. The minimum absolute atomic E-state index is 0.0742. The zero-order valence-electron chi connectivity index (χ0n) is 28.0. The molecule has 1 aromatic carbocycles. The maximum absolute atomic E-state index is 13.9. The quantitative estimate of drug-likeness (QED) is 0.0869. The second kappa shape index (κ2) is 16.6. The van der Waals surface area contributed by atoms with Gasteiger partial charge >= 0.3 is 35.9 Å². The molecule has 1 aromatic heterocycles. The summed E-state index contributed by atoms with van der Waals surface area (Å²) in [4.78, 5) is 104. The molecule has 3 aliphatic rings. The van der Waals surface area contributed by atoms with E-state index in [1.807, 2.05) is 0 Å². The number of carboxylic acids is 2. The van der Waals surface area contributed by atoms with Crippen molar-refractivity contribution in [2.45, 2.75) is 41.7 Å². The minimum atomic E-state index is -1.54. The van der Waals surface area contributed by atoms with Crippen molar-refractivity contribution < 1.29 is 53.3 Å². The zero-order valence-corrected chi connectivity index (χ0v) is 30.4. The number of fused-ring (bicyclic) bond motifs is 1. The van der Waals surface area contributed by atoms with Crippen molar-refractivity contribution in [2.75, 3.05) is 43.1 Å². The molecule has 0 saturated carbocycles. The number of carbonyl (C=O) groups excluding carboxylic acids is 6. The standard InChI is InChI=1S/C30H33N9O11S3/c1-3-37-8-9-38(24(43)23(37)42)28(48)34-18(14-4-6-16(7-5-14)32-29(49)50-10-17(31)26(44)45)21(40)33-19-22(41)39-20(27(46)47)15(11-51-25(19)39)12-52-30-36-35-13(2)53-30/h4-7,17-19,25H,3,8-12,31H2,1-2H3,(H,32,49)(H,33,40)(H,34,48)(H,44,45)(H,46,47)/t17-,18-,19-,25+/m1/s1. The average Bonchev–Trinajstić information content (AvgIpc) is 3.56. The summed E-state index contributed by atoms with van der Waals surface area (Å²) < 4.78 is 5.43. The lowest BCUT2D eigenvalue weighted by atomic mass is 10.0. The number of thioether (sulfide) groups is 2. The van der Waals surface area contributed by atoms with Gasteiger partial charge in [0.2, 0.25) is 5.91 Å². The molecule has 2 aromatic rings. The summed E-state index contributed by atoms with van der Waals surface area (Å²) in [5.41, 5.74) is 5.91. The predicted octanol–water partition coefficient (Wildman–Crippen LogP) is -0.221. The molecule has 3 aliphatic heterocycles. The van der Waals surface area contributed by atoms with Gasteiger partial charge in [-0.15, -0.1) is 22.0 Å². The molecular formula is C30H33N9O11S3. The van der Waals surface area contributed by atoms with E-state index >= 15 is 0 Å². The molecule has 7 N–H and O–H groups in total. The summed E-state index contributed by atoms with van der Waals surface area (Å²) in [6.07, 6.45) is -1.02. The maximum atomic E-state index is 13.9. The monoisotopic (exact) mass is 791 g/mol. The number of likely N-dealkylation sites (N-methyl/N-ethyl adjacent to an activating group) is 1. The zero-order chi connectivity index (χ0) is 38.6. The summed E-state index contributed by atoms with van der Waals surface area (Å²) in [7, 11) is 0. The highest BCUT2D eigenvalue weighted by atomic mass is 32.2. The Labute approximate surface area is 312 Å². The summed E-state index contributed by atoms with van der Waals surface area (Å²) >= 11 is 3.89. The number of imide groups is 1. The molecule has 7 amide bonds. The van der Waals surface area contributed by atoms with Gasteiger partial charge in [-0.1, -0.05) is 35.2 Å². The van der Waals surface area contributed by atoms with Crippen LogP contribution in [0.25, 0.3) is 0 Å². The molecule has 0 bridgehead atoms. The van der Waals surface area contributed by atoms with Crippen LogP contribution in [0.4, 0.5) is 15.3 Å².